The number of aromatic nitrogens is 3. The SMILES string of the molecule is CCc1nc(CC)n(CC(C)(C)CNC(C)C)n1. The zero-order valence-corrected chi connectivity index (χ0v) is 12.7. The Bertz CT molecular complexity index is 366. The van der Waals surface area contributed by atoms with E-state index >= 15 is 0 Å². The lowest BCUT2D eigenvalue weighted by molar-refractivity contribution is 0.264. The van der Waals surface area contributed by atoms with Crippen molar-refractivity contribution in [2.45, 2.75) is 67.0 Å². The third-order valence-corrected chi connectivity index (χ3v) is 2.99. The lowest BCUT2D eigenvalue weighted by Crippen LogP contribution is -2.37. The van der Waals surface area contributed by atoms with Crippen LogP contribution in [0.1, 0.15) is 53.2 Å². The molecule has 1 rings (SSSR count). The van der Waals surface area contributed by atoms with Crippen LogP contribution >= 0.6 is 0 Å². The lowest BCUT2D eigenvalue weighted by Gasteiger charge is -2.26. The van der Waals surface area contributed by atoms with Crippen LogP contribution in [0, 0.1) is 5.41 Å². The summed E-state index contributed by atoms with van der Waals surface area (Å²) in [6, 6.07) is 0.525. The number of nitrogens with zero attached hydrogens (tertiary/aromatic N) is 3. The Morgan fingerprint density at radius 2 is 1.89 bits per heavy atom. The second-order valence-corrected chi connectivity index (χ2v) is 6.01. The lowest BCUT2D eigenvalue weighted by atomic mass is 9.93. The van der Waals surface area contributed by atoms with E-state index in [4.69, 9.17) is 0 Å². The molecule has 0 amide bonds. The molecule has 0 aliphatic heterocycles. The van der Waals surface area contributed by atoms with Gasteiger partial charge in [-0.25, -0.2) is 9.67 Å². The van der Waals surface area contributed by atoms with Crippen molar-refractivity contribution in [2.75, 3.05) is 6.54 Å². The number of rotatable bonds is 7. The van der Waals surface area contributed by atoms with E-state index in [0.29, 0.717) is 6.04 Å². The molecule has 1 aromatic rings. The second-order valence-electron chi connectivity index (χ2n) is 6.01. The van der Waals surface area contributed by atoms with Gasteiger partial charge in [0.15, 0.2) is 5.82 Å². The second kappa shape index (κ2) is 6.32. The molecule has 1 heterocycles. The highest BCUT2D eigenvalue weighted by atomic mass is 15.3. The van der Waals surface area contributed by atoms with Gasteiger partial charge in [-0.05, 0) is 5.41 Å². The third kappa shape index (κ3) is 4.41. The summed E-state index contributed by atoms with van der Waals surface area (Å²) in [4.78, 5) is 4.56. The van der Waals surface area contributed by atoms with E-state index in [2.05, 4.69) is 61.6 Å². The molecule has 0 saturated carbocycles. The summed E-state index contributed by atoms with van der Waals surface area (Å²) in [6.45, 7) is 15.1. The topological polar surface area (TPSA) is 42.7 Å². The van der Waals surface area contributed by atoms with Crippen LogP contribution in [-0.2, 0) is 19.4 Å². The van der Waals surface area contributed by atoms with Gasteiger partial charge in [0.2, 0.25) is 0 Å². The zero-order valence-electron chi connectivity index (χ0n) is 12.7. The quantitative estimate of drug-likeness (QED) is 0.810. The zero-order chi connectivity index (χ0) is 13.8. The van der Waals surface area contributed by atoms with Crippen molar-refractivity contribution in [3.05, 3.63) is 11.6 Å². The summed E-state index contributed by atoms with van der Waals surface area (Å²) >= 11 is 0. The van der Waals surface area contributed by atoms with Gasteiger partial charge in [0.25, 0.3) is 0 Å². The molecule has 104 valence electrons. The molecule has 0 saturated heterocycles. The van der Waals surface area contributed by atoms with Crippen LogP contribution in [0.5, 0.6) is 0 Å². The maximum Gasteiger partial charge on any atom is 0.150 e. The van der Waals surface area contributed by atoms with Crippen molar-refractivity contribution in [1.29, 1.82) is 0 Å². The summed E-state index contributed by atoms with van der Waals surface area (Å²) in [5.41, 5.74) is 0.187. The van der Waals surface area contributed by atoms with Crippen molar-refractivity contribution in [1.82, 2.24) is 20.1 Å². The Balaban J connectivity index is 2.72. The van der Waals surface area contributed by atoms with Gasteiger partial charge in [-0.15, -0.1) is 0 Å². The van der Waals surface area contributed by atoms with E-state index in [1.165, 1.54) is 0 Å². The Hall–Kier alpha value is -0.900. The summed E-state index contributed by atoms with van der Waals surface area (Å²) in [5.74, 6) is 2.06. The van der Waals surface area contributed by atoms with Gasteiger partial charge in [-0.1, -0.05) is 41.5 Å². The molecule has 4 nitrogen and oxygen atoms in total. The number of nitrogens with one attached hydrogen (secondary N) is 1. The van der Waals surface area contributed by atoms with Crippen molar-refractivity contribution < 1.29 is 0 Å². The molecular formula is C14H28N4. The highest BCUT2D eigenvalue weighted by Crippen LogP contribution is 2.18. The fraction of sp³-hybridized carbons (Fsp3) is 0.857. The molecule has 0 aromatic carbocycles. The first-order valence-corrected chi connectivity index (χ1v) is 7.04. The summed E-state index contributed by atoms with van der Waals surface area (Å²) in [5, 5.41) is 8.09. The molecule has 0 radical (unpaired) electrons. The van der Waals surface area contributed by atoms with E-state index < -0.39 is 0 Å². The van der Waals surface area contributed by atoms with Gasteiger partial charge in [0.05, 0.1) is 0 Å². The first kappa shape index (κ1) is 15.2. The Morgan fingerprint density at radius 1 is 1.22 bits per heavy atom. The highest BCUT2D eigenvalue weighted by Gasteiger charge is 2.21. The van der Waals surface area contributed by atoms with Gasteiger partial charge in [-0.3, -0.25) is 0 Å². The normalized spacial score (nSPS) is 12.4. The van der Waals surface area contributed by atoms with Gasteiger partial charge in [-0.2, -0.15) is 5.10 Å². The average molecular weight is 252 g/mol. The van der Waals surface area contributed by atoms with Crippen molar-refractivity contribution >= 4 is 0 Å². The molecule has 0 unspecified atom stereocenters. The van der Waals surface area contributed by atoms with Crippen LogP contribution in [0.2, 0.25) is 0 Å². The van der Waals surface area contributed by atoms with Crippen molar-refractivity contribution in [3.63, 3.8) is 0 Å². The van der Waals surface area contributed by atoms with Crippen LogP contribution in [0.15, 0.2) is 0 Å². The van der Waals surface area contributed by atoms with Crippen LogP contribution in [-0.4, -0.2) is 27.4 Å². The standard InChI is InChI=1S/C14H28N4/c1-7-12-16-13(8-2)18(17-12)10-14(5,6)9-15-11(3)4/h11,15H,7-10H2,1-6H3. The van der Waals surface area contributed by atoms with Gasteiger partial charge < -0.3 is 5.32 Å². The maximum atomic E-state index is 4.59. The molecule has 1 aromatic heterocycles. The van der Waals surface area contributed by atoms with E-state index in [1.807, 2.05) is 0 Å². The number of hydrogen-bond donors (Lipinski definition) is 1. The third-order valence-electron chi connectivity index (χ3n) is 2.99. The molecule has 0 atom stereocenters. The van der Waals surface area contributed by atoms with Crippen molar-refractivity contribution in [2.24, 2.45) is 5.41 Å². The maximum absolute atomic E-state index is 4.59. The molecule has 0 fully saturated rings. The van der Waals surface area contributed by atoms with Crippen LogP contribution in [0.3, 0.4) is 0 Å². The van der Waals surface area contributed by atoms with Gasteiger partial charge in [0.1, 0.15) is 5.82 Å². The minimum absolute atomic E-state index is 0.187. The molecule has 0 aliphatic rings. The smallest absolute Gasteiger partial charge is 0.150 e. The molecule has 4 heteroatoms. The summed E-state index contributed by atoms with van der Waals surface area (Å²) < 4.78 is 2.08. The predicted molar refractivity (Wildman–Crippen MR) is 75.7 cm³/mol. The molecule has 18 heavy (non-hydrogen) atoms. The first-order valence-electron chi connectivity index (χ1n) is 7.04. The predicted octanol–water partition coefficient (Wildman–Crippen LogP) is 2.43. The van der Waals surface area contributed by atoms with Crippen LogP contribution in [0.25, 0.3) is 0 Å². The van der Waals surface area contributed by atoms with Gasteiger partial charge >= 0.3 is 0 Å². The molecule has 0 aliphatic carbocycles. The Kier molecular flexibility index (Phi) is 5.32. The van der Waals surface area contributed by atoms with E-state index in [0.717, 1.165) is 37.6 Å². The van der Waals surface area contributed by atoms with E-state index in [-0.39, 0.29) is 5.41 Å². The highest BCUT2D eigenvalue weighted by molar-refractivity contribution is 4.93. The van der Waals surface area contributed by atoms with Crippen LogP contribution in [0.4, 0.5) is 0 Å². The van der Waals surface area contributed by atoms with Gasteiger partial charge in [0, 0.05) is 32.0 Å². The number of aryl methyl sites for hydroxylation is 2. The molecule has 0 spiro atoms. The largest absolute Gasteiger partial charge is 0.314 e. The minimum atomic E-state index is 0.187. The average Bonchev–Trinajstić information content (AvgIpc) is 2.68. The fourth-order valence-electron chi connectivity index (χ4n) is 1.91. The monoisotopic (exact) mass is 252 g/mol. The van der Waals surface area contributed by atoms with E-state index in [1.54, 1.807) is 0 Å². The Labute approximate surface area is 111 Å². The minimum Gasteiger partial charge on any atom is -0.314 e. The number of hydrogen-bond acceptors (Lipinski definition) is 3. The van der Waals surface area contributed by atoms with E-state index in [9.17, 15) is 0 Å². The summed E-state index contributed by atoms with van der Waals surface area (Å²) in [7, 11) is 0. The van der Waals surface area contributed by atoms with Crippen LogP contribution < -0.4 is 5.32 Å². The van der Waals surface area contributed by atoms with Crippen molar-refractivity contribution in [3.8, 4) is 0 Å². The molecule has 1 N–H and O–H groups in total. The fourth-order valence-corrected chi connectivity index (χ4v) is 1.91. The molecule has 0 bridgehead atoms. The molecular weight excluding hydrogens is 224 g/mol. The first-order chi connectivity index (χ1) is 8.38. The summed E-state index contributed by atoms with van der Waals surface area (Å²) in [6.07, 6.45) is 1.85. The Morgan fingerprint density at radius 3 is 2.39 bits per heavy atom.